The molecule has 1 aliphatic carbocycles. The van der Waals surface area contributed by atoms with Crippen molar-refractivity contribution >= 4 is 11.3 Å². The molecule has 0 amide bonds. The molecule has 0 bridgehead atoms. The molecule has 0 fully saturated rings. The van der Waals surface area contributed by atoms with Crippen molar-refractivity contribution in [2.45, 2.75) is 5.92 Å². The summed E-state index contributed by atoms with van der Waals surface area (Å²) in [6, 6.07) is 43.9. The predicted molar refractivity (Wildman–Crippen MR) is 132 cm³/mol. The van der Waals surface area contributed by atoms with Gasteiger partial charge in [-0.05, 0) is 40.5 Å². The molecule has 6 rings (SSSR count). The van der Waals surface area contributed by atoms with Crippen LogP contribution in [-0.2, 0) is 0 Å². The molecule has 31 heavy (non-hydrogen) atoms. The molecule has 0 spiro atoms. The number of rotatable bonds is 3. The van der Waals surface area contributed by atoms with Crippen molar-refractivity contribution in [3.8, 4) is 32.0 Å². The van der Waals surface area contributed by atoms with Gasteiger partial charge in [0.2, 0.25) is 21.1 Å². The molecule has 0 saturated heterocycles. The summed E-state index contributed by atoms with van der Waals surface area (Å²) < 4.78 is 0. The molecule has 1 heterocycles. The summed E-state index contributed by atoms with van der Waals surface area (Å²) in [5.74, 6) is 0.253. The van der Waals surface area contributed by atoms with Gasteiger partial charge in [0.1, 0.15) is 0 Å². The van der Waals surface area contributed by atoms with Crippen LogP contribution in [0.2, 0.25) is 0 Å². The topological polar surface area (TPSA) is 0 Å². The minimum absolute atomic E-state index is 0.253. The van der Waals surface area contributed by atoms with E-state index in [9.17, 15) is 0 Å². The normalized spacial score (nSPS) is 14.1. The highest BCUT2D eigenvalue weighted by atomic mass is 32.1. The van der Waals surface area contributed by atoms with Crippen LogP contribution >= 0.6 is 11.3 Å². The number of hydrogen-bond donors (Lipinski definition) is 0. The van der Waals surface area contributed by atoms with Crippen LogP contribution in [0.25, 0.3) is 32.0 Å². The summed E-state index contributed by atoms with van der Waals surface area (Å²) >= 11 is 1.91. The van der Waals surface area contributed by atoms with Crippen LogP contribution < -0.4 is 0 Å². The van der Waals surface area contributed by atoms with Gasteiger partial charge in [0, 0.05) is 28.7 Å². The van der Waals surface area contributed by atoms with Gasteiger partial charge in [0.15, 0.2) is 0 Å². The molecule has 0 radical (unpaired) electrons. The van der Waals surface area contributed by atoms with Gasteiger partial charge in [-0.3, -0.25) is 0 Å². The van der Waals surface area contributed by atoms with Crippen LogP contribution in [0, 0.1) is 0 Å². The largest absolute Gasteiger partial charge is 0.243 e. The monoisotopic (exact) mass is 413 g/mol. The van der Waals surface area contributed by atoms with E-state index in [-0.39, 0.29) is 5.92 Å². The zero-order valence-corrected chi connectivity index (χ0v) is 17.8. The molecule has 0 nitrogen and oxygen atoms in total. The molecule has 146 valence electrons. The highest BCUT2D eigenvalue weighted by molar-refractivity contribution is 7.18. The molecule has 1 aliphatic rings. The molecule has 0 saturated carbocycles. The fourth-order valence-electron chi connectivity index (χ4n) is 4.72. The first-order valence-corrected chi connectivity index (χ1v) is 11.5. The van der Waals surface area contributed by atoms with E-state index in [4.69, 9.17) is 0 Å². The van der Waals surface area contributed by atoms with Gasteiger partial charge < -0.3 is 0 Å². The number of benzene rings is 4. The van der Waals surface area contributed by atoms with Crippen LogP contribution in [0.5, 0.6) is 0 Å². The van der Waals surface area contributed by atoms with Crippen LogP contribution in [0.3, 0.4) is 0 Å². The van der Waals surface area contributed by atoms with E-state index in [1.54, 1.807) is 0 Å². The lowest BCUT2D eigenvalue weighted by molar-refractivity contribution is 1.02. The minimum Gasteiger partial charge on any atom is -0.0622 e. The average molecular weight is 414 g/mol. The summed E-state index contributed by atoms with van der Waals surface area (Å²) in [7, 11) is 0. The lowest BCUT2D eigenvalue weighted by Crippen LogP contribution is -2.01. The third kappa shape index (κ3) is 3.10. The lowest BCUT2D eigenvalue weighted by atomic mass is 9.86. The Kier molecular flexibility index (Phi) is 4.48. The maximum Gasteiger partial charge on any atom is 0.243 e. The molecule has 0 N–H and O–H groups in total. The molecular formula is C30H21S+. The van der Waals surface area contributed by atoms with Crippen LogP contribution in [0.1, 0.15) is 22.6 Å². The fourth-order valence-corrected chi connectivity index (χ4v) is 6.00. The van der Waals surface area contributed by atoms with Gasteiger partial charge in [-0.2, -0.15) is 0 Å². The zero-order chi connectivity index (χ0) is 20.6. The van der Waals surface area contributed by atoms with E-state index >= 15 is 0 Å². The van der Waals surface area contributed by atoms with Gasteiger partial charge >= 0.3 is 0 Å². The summed E-state index contributed by atoms with van der Waals surface area (Å²) in [4.78, 5) is 2.70. The van der Waals surface area contributed by atoms with Crippen molar-refractivity contribution in [3.63, 3.8) is 0 Å². The Morgan fingerprint density at radius 3 is 1.81 bits per heavy atom. The maximum absolute atomic E-state index is 2.40. The van der Waals surface area contributed by atoms with Gasteiger partial charge in [0.25, 0.3) is 0 Å². The number of hydrogen-bond acceptors (Lipinski definition) is 0. The molecule has 4 aromatic carbocycles. The molecular weight excluding hydrogens is 392 g/mol. The maximum atomic E-state index is 2.40. The Labute approximate surface area is 187 Å². The van der Waals surface area contributed by atoms with E-state index in [0.717, 1.165) is 0 Å². The van der Waals surface area contributed by atoms with Crippen LogP contribution in [-0.4, -0.2) is 0 Å². The van der Waals surface area contributed by atoms with Crippen molar-refractivity contribution in [2.75, 3.05) is 0 Å². The first-order chi connectivity index (χ1) is 15.4. The van der Waals surface area contributed by atoms with Crippen molar-refractivity contribution < 1.29 is 0 Å². The van der Waals surface area contributed by atoms with Gasteiger partial charge in [-0.25, -0.2) is 0 Å². The van der Waals surface area contributed by atoms with Crippen LogP contribution in [0.4, 0.5) is 0 Å². The van der Waals surface area contributed by atoms with E-state index in [0.29, 0.717) is 0 Å². The summed E-state index contributed by atoms with van der Waals surface area (Å²) in [5.41, 5.74) is 9.44. The Bertz CT molecular complexity index is 1360. The number of fused-ring (bicyclic) bond motifs is 3. The Hall–Kier alpha value is -3.55. The first-order valence-electron chi connectivity index (χ1n) is 10.7. The van der Waals surface area contributed by atoms with Crippen molar-refractivity contribution in [2.24, 2.45) is 0 Å². The second-order valence-electron chi connectivity index (χ2n) is 7.93. The van der Waals surface area contributed by atoms with Crippen LogP contribution in [0.15, 0.2) is 121 Å². The highest BCUT2D eigenvalue weighted by Gasteiger charge is 2.39. The average Bonchev–Trinajstić information content (AvgIpc) is 3.19. The standard InChI is InChI=1S/C30H21S/c1-4-12-21(13-5-1)26-20-27(22-14-6-2-7-15-22)31-30-25-19-11-10-18-24(25)28(29(26)30)23-16-8-3-9-17-23/h1-20,28H/q+1. The second kappa shape index (κ2) is 7.61. The molecule has 1 aromatic heterocycles. The van der Waals surface area contributed by atoms with Crippen molar-refractivity contribution in [3.05, 3.63) is 138 Å². The Balaban J connectivity index is 1.70. The van der Waals surface area contributed by atoms with Gasteiger partial charge in [-0.1, -0.05) is 97.1 Å². The Morgan fingerprint density at radius 2 is 1.10 bits per heavy atom. The van der Waals surface area contributed by atoms with Crippen molar-refractivity contribution in [1.82, 2.24) is 0 Å². The molecule has 1 heteroatoms. The summed E-state index contributed by atoms with van der Waals surface area (Å²) in [6.07, 6.45) is 0. The smallest absolute Gasteiger partial charge is 0.0622 e. The lowest BCUT2D eigenvalue weighted by Gasteiger charge is -2.16. The quantitative estimate of drug-likeness (QED) is 0.255. The van der Waals surface area contributed by atoms with Gasteiger partial charge in [-0.15, -0.1) is 0 Å². The summed E-state index contributed by atoms with van der Waals surface area (Å²) in [6.45, 7) is 0. The molecule has 5 aromatic rings. The molecule has 0 aliphatic heterocycles. The third-order valence-electron chi connectivity index (χ3n) is 6.10. The zero-order valence-electron chi connectivity index (χ0n) is 17.0. The van der Waals surface area contributed by atoms with Crippen molar-refractivity contribution in [1.29, 1.82) is 0 Å². The fraction of sp³-hybridized carbons (Fsp3) is 0.0333. The van der Waals surface area contributed by atoms with E-state index in [1.165, 1.54) is 48.7 Å². The Morgan fingerprint density at radius 1 is 0.516 bits per heavy atom. The minimum atomic E-state index is 0.253. The van der Waals surface area contributed by atoms with E-state index in [2.05, 4.69) is 121 Å². The van der Waals surface area contributed by atoms with E-state index in [1.807, 2.05) is 11.3 Å². The predicted octanol–water partition coefficient (Wildman–Crippen LogP) is 8.52. The first kappa shape index (κ1) is 18.2. The highest BCUT2D eigenvalue weighted by Crippen LogP contribution is 2.54. The molecule has 1 atom stereocenters. The summed E-state index contributed by atoms with van der Waals surface area (Å²) in [5, 5.41) is 0. The third-order valence-corrected chi connectivity index (χ3v) is 7.32. The second-order valence-corrected chi connectivity index (χ2v) is 8.98. The van der Waals surface area contributed by atoms with Gasteiger partial charge in [0.05, 0.1) is 0 Å². The SMILES string of the molecule is c1ccc(-c2cc(-c3ccccc3)c3c([s+]2)-c2ccccc2C3c2ccccc2)cc1. The van der Waals surface area contributed by atoms with E-state index < -0.39 is 0 Å². The molecule has 1 unspecified atom stereocenters.